The summed E-state index contributed by atoms with van der Waals surface area (Å²) in [7, 11) is 0. The molecule has 3 N–H and O–H groups in total. The predicted molar refractivity (Wildman–Crippen MR) is 106 cm³/mol. The number of primary amides is 1. The monoisotopic (exact) mass is 394 g/mol. The fourth-order valence-corrected chi connectivity index (χ4v) is 4.26. The topological polar surface area (TPSA) is 105 Å². The van der Waals surface area contributed by atoms with Crippen molar-refractivity contribution in [3.8, 4) is 11.8 Å². The van der Waals surface area contributed by atoms with Crippen LogP contribution < -0.4 is 11.1 Å². The van der Waals surface area contributed by atoms with Gasteiger partial charge >= 0.3 is 0 Å². The fraction of sp³-hybridized carbons (Fsp3) is 0.545. The van der Waals surface area contributed by atoms with Crippen LogP contribution in [0.4, 0.5) is 0 Å². The van der Waals surface area contributed by atoms with Gasteiger partial charge in [-0.05, 0) is 31.7 Å². The lowest BCUT2D eigenvalue weighted by atomic mass is 9.81. The molecule has 1 aliphatic heterocycles. The number of likely N-dealkylation sites (tertiary alicyclic amines) is 1. The molecule has 0 spiro atoms. The molecule has 1 atom stereocenters. The molecule has 4 rings (SSSR count). The number of nitrogens with two attached hydrogens (primary N) is 1. The Labute approximate surface area is 170 Å². The van der Waals surface area contributed by atoms with Crippen molar-refractivity contribution < 1.29 is 14.4 Å². The van der Waals surface area contributed by atoms with Gasteiger partial charge in [0.25, 0.3) is 0 Å². The highest BCUT2D eigenvalue weighted by Gasteiger charge is 2.43. The summed E-state index contributed by atoms with van der Waals surface area (Å²) in [4.78, 5) is 42.4. The molecule has 1 unspecified atom stereocenters. The third-order valence-corrected chi connectivity index (χ3v) is 6.06. The summed E-state index contributed by atoms with van der Waals surface area (Å²) in [6.07, 6.45) is 10.0. The summed E-state index contributed by atoms with van der Waals surface area (Å²) in [6.45, 7) is 0.517. The van der Waals surface area contributed by atoms with Crippen molar-refractivity contribution in [2.75, 3.05) is 6.54 Å². The lowest BCUT2D eigenvalue weighted by Gasteiger charge is -2.34. The highest BCUT2D eigenvalue weighted by atomic mass is 16.2. The molecule has 3 amide bonds. The summed E-state index contributed by atoms with van der Waals surface area (Å²) in [6, 6.07) is 1.96. The van der Waals surface area contributed by atoms with Gasteiger partial charge in [-0.1, -0.05) is 31.1 Å². The highest BCUT2D eigenvalue weighted by molar-refractivity contribution is 5.92. The van der Waals surface area contributed by atoms with Crippen molar-refractivity contribution in [2.45, 2.75) is 62.9 Å². The summed E-state index contributed by atoms with van der Waals surface area (Å²) in [5.74, 6) is 5.49. The SMILES string of the molecule is NC(=O)c1cncc(C#CC2(NC(=O)C3CC(=O)N(C4CC4)C3)CCCCC2)c1. The van der Waals surface area contributed by atoms with Crippen molar-refractivity contribution in [3.05, 3.63) is 29.6 Å². The number of pyridine rings is 1. The molecule has 2 aliphatic carbocycles. The zero-order valence-electron chi connectivity index (χ0n) is 16.4. The molecule has 2 saturated carbocycles. The first kappa shape index (κ1) is 19.4. The molecule has 29 heavy (non-hydrogen) atoms. The molecule has 1 aromatic rings. The van der Waals surface area contributed by atoms with E-state index in [-0.39, 0.29) is 24.2 Å². The van der Waals surface area contributed by atoms with E-state index < -0.39 is 11.4 Å². The van der Waals surface area contributed by atoms with E-state index in [1.807, 2.05) is 4.90 Å². The number of nitrogens with zero attached hydrogens (tertiary/aromatic N) is 2. The predicted octanol–water partition coefficient (Wildman–Crippen LogP) is 1.36. The molecule has 0 aromatic carbocycles. The second kappa shape index (κ2) is 7.86. The van der Waals surface area contributed by atoms with Crippen molar-refractivity contribution in [3.63, 3.8) is 0 Å². The average molecular weight is 394 g/mol. The first-order chi connectivity index (χ1) is 14.0. The van der Waals surface area contributed by atoms with Gasteiger partial charge in [0.1, 0.15) is 5.54 Å². The van der Waals surface area contributed by atoms with Crippen LogP contribution in [0.2, 0.25) is 0 Å². The Morgan fingerprint density at radius 1 is 1.21 bits per heavy atom. The van der Waals surface area contributed by atoms with Crippen molar-refractivity contribution in [1.29, 1.82) is 0 Å². The summed E-state index contributed by atoms with van der Waals surface area (Å²) >= 11 is 0. The maximum atomic E-state index is 13.0. The smallest absolute Gasteiger partial charge is 0.250 e. The van der Waals surface area contributed by atoms with Crippen molar-refractivity contribution in [2.24, 2.45) is 11.7 Å². The van der Waals surface area contributed by atoms with Crippen LogP contribution in [-0.4, -0.2) is 45.7 Å². The second-order valence-corrected chi connectivity index (χ2v) is 8.39. The number of amides is 3. The number of nitrogens with one attached hydrogen (secondary N) is 1. The van der Waals surface area contributed by atoms with Crippen LogP contribution in [-0.2, 0) is 9.59 Å². The molecule has 7 heteroatoms. The Balaban J connectivity index is 1.50. The van der Waals surface area contributed by atoms with Crippen LogP contribution in [0.3, 0.4) is 0 Å². The second-order valence-electron chi connectivity index (χ2n) is 8.39. The maximum absolute atomic E-state index is 13.0. The summed E-state index contributed by atoms with van der Waals surface area (Å²) in [5.41, 5.74) is 5.62. The number of aromatic nitrogens is 1. The minimum atomic E-state index is -0.603. The minimum Gasteiger partial charge on any atom is -0.366 e. The Morgan fingerprint density at radius 3 is 2.66 bits per heavy atom. The quantitative estimate of drug-likeness (QED) is 0.752. The zero-order chi connectivity index (χ0) is 20.4. The molecule has 1 saturated heterocycles. The zero-order valence-corrected chi connectivity index (χ0v) is 16.4. The maximum Gasteiger partial charge on any atom is 0.250 e. The van der Waals surface area contributed by atoms with Crippen molar-refractivity contribution in [1.82, 2.24) is 15.2 Å². The standard InChI is InChI=1S/C22H26N4O3/c23-20(28)16-10-15(12-24-13-16)6-9-22(7-2-1-3-8-22)25-21(29)17-11-19(27)26(14-17)18-4-5-18/h10,12-13,17-18H,1-5,7-8,11,14H2,(H2,23,28)(H,25,29). The first-order valence-electron chi connectivity index (χ1n) is 10.4. The van der Waals surface area contributed by atoms with E-state index in [1.165, 1.54) is 6.20 Å². The van der Waals surface area contributed by atoms with E-state index >= 15 is 0 Å². The van der Waals surface area contributed by atoms with E-state index in [9.17, 15) is 14.4 Å². The fourth-order valence-electron chi connectivity index (χ4n) is 4.26. The van der Waals surface area contributed by atoms with Gasteiger partial charge in [-0.3, -0.25) is 19.4 Å². The van der Waals surface area contributed by atoms with Gasteiger partial charge in [-0.2, -0.15) is 0 Å². The Morgan fingerprint density at radius 2 is 1.97 bits per heavy atom. The Kier molecular flexibility index (Phi) is 5.27. The molecular weight excluding hydrogens is 368 g/mol. The van der Waals surface area contributed by atoms with Gasteiger partial charge in [-0.15, -0.1) is 0 Å². The number of rotatable bonds is 4. The van der Waals surface area contributed by atoms with Crippen LogP contribution in [0.25, 0.3) is 0 Å². The molecule has 0 radical (unpaired) electrons. The van der Waals surface area contributed by atoms with Gasteiger partial charge in [0.2, 0.25) is 17.7 Å². The summed E-state index contributed by atoms with van der Waals surface area (Å²) < 4.78 is 0. The molecule has 2 heterocycles. The molecule has 1 aromatic heterocycles. The molecule has 3 fully saturated rings. The van der Waals surface area contributed by atoms with E-state index in [0.29, 0.717) is 23.7 Å². The lowest BCUT2D eigenvalue weighted by Crippen LogP contribution is -2.51. The van der Waals surface area contributed by atoms with Crippen LogP contribution in [0, 0.1) is 17.8 Å². The molecular formula is C22H26N4O3. The van der Waals surface area contributed by atoms with Gasteiger partial charge in [0.15, 0.2) is 0 Å². The van der Waals surface area contributed by atoms with E-state index in [4.69, 9.17) is 5.73 Å². The lowest BCUT2D eigenvalue weighted by molar-refractivity contribution is -0.129. The number of hydrogen-bond acceptors (Lipinski definition) is 4. The van der Waals surface area contributed by atoms with Gasteiger partial charge in [0.05, 0.1) is 11.5 Å². The molecule has 152 valence electrons. The van der Waals surface area contributed by atoms with Gasteiger partial charge in [0, 0.05) is 37.0 Å². The van der Waals surface area contributed by atoms with Crippen LogP contribution in [0.1, 0.15) is 67.3 Å². The number of carbonyl (C=O) groups is 3. The number of carbonyl (C=O) groups excluding carboxylic acids is 3. The van der Waals surface area contributed by atoms with Gasteiger partial charge in [-0.25, -0.2) is 0 Å². The van der Waals surface area contributed by atoms with Crippen LogP contribution >= 0.6 is 0 Å². The van der Waals surface area contributed by atoms with Gasteiger partial charge < -0.3 is 16.0 Å². The first-order valence-corrected chi connectivity index (χ1v) is 10.4. The van der Waals surface area contributed by atoms with Crippen LogP contribution in [0.15, 0.2) is 18.5 Å². The Hall–Kier alpha value is -2.88. The van der Waals surface area contributed by atoms with E-state index in [2.05, 4.69) is 22.1 Å². The molecule has 3 aliphatic rings. The highest BCUT2D eigenvalue weighted by Crippen LogP contribution is 2.34. The average Bonchev–Trinajstić information content (AvgIpc) is 3.49. The minimum absolute atomic E-state index is 0.0817. The summed E-state index contributed by atoms with van der Waals surface area (Å²) in [5, 5.41) is 3.18. The molecule has 7 nitrogen and oxygen atoms in total. The van der Waals surface area contributed by atoms with E-state index in [0.717, 1.165) is 44.9 Å². The Bertz CT molecular complexity index is 891. The van der Waals surface area contributed by atoms with Crippen molar-refractivity contribution >= 4 is 17.7 Å². The number of hydrogen-bond donors (Lipinski definition) is 2. The molecule has 0 bridgehead atoms. The van der Waals surface area contributed by atoms with Crippen LogP contribution in [0.5, 0.6) is 0 Å². The third kappa shape index (κ3) is 4.42. The normalized spacial score (nSPS) is 23.2. The third-order valence-electron chi connectivity index (χ3n) is 6.06. The van der Waals surface area contributed by atoms with E-state index in [1.54, 1.807) is 12.3 Å². The largest absolute Gasteiger partial charge is 0.366 e.